The first-order chi connectivity index (χ1) is 8.72. The highest BCUT2D eigenvalue weighted by Gasteiger charge is 2.08. The van der Waals surface area contributed by atoms with E-state index in [1.165, 1.54) is 5.56 Å². The molecular formula is C13H19N5. The summed E-state index contributed by atoms with van der Waals surface area (Å²) in [4.78, 5) is 10.8. The average molecular weight is 245 g/mol. The lowest BCUT2D eigenvalue weighted by Crippen LogP contribution is -2.23. The van der Waals surface area contributed by atoms with Crippen molar-refractivity contribution in [1.82, 2.24) is 19.7 Å². The smallest absolute Gasteiger partial charge is 0.132 e. The van der Waals surface area contributed by atoms with E-state index in [4.69, 9.17) is 0 Å². The standard InChI is InChI=1S/C13H19N5/c1-4-17(13-6-7-14-11(3)16-13)9-12-8-15-18(5-2)10-12/h6-8,10H,4-5,9H2,1-3H3. The van der Waals surface area contributed by atoms with E-state index in [1.54, 1.807) is 6.20 Å². The zero-order valence-electron chi connectivity index (χ0n) is 11.2. The molecule has 2 rings (SSSR count). The lowest BCUT2D eigenvalue weighted by molar-refractivity contribution is 0.658. The fraction of sp³-hybridized carbons (Fsp3) is 0.462. The Balaban J connectivity index is 2.14. The van der Waals surface area contributed by atoms with Crippen molar-refractivity contribution >= 4 is 5.82 Å². The first-order valence-corrected chi connectivity index (χ1v) is 6.28. The molecule has 0 aliphatic heterocycles. The second-order valence-electron chi connectivity index (χ2n) is 4.18. The Hall–Kier alpha value is -1.91. The maximum absolute atomic E-state index is 4.46. The van der Waals surface area contributed by atoms with Gasteiger partial charge in [0.25, 0.3) is 0 Å². The van der Waals surface area contributed by atoms with E-state index < -0.39 is 0 Å². The van der Waals surface area contributed by atoms with Crippen LogP contribution in [0, 0.1) is 6.92 Å². The highest BCUT2D eigenvalue weighted by Crippen LogP contribution is 2.13. The fourth-order valence-electron chi connectivity index (χ4n) is 1.86. The number of aromatic nitrogens is 4. The zero-order valence-corrected chi connectivity index (χ0v) is 11.2. The van der Waals surface area contributed by atoms with Crippen LogP contribution in [0.5, 0.6) is 0 Å². The number of hydrogen-bond acceptors (Lipinski definition) is 4. The van der Waals surface area contributed by atoms with Gasteiger partial charge in [-0.2, -0.15) is 5.10 Å². The van der Waals surface area contributed by atoms with Crippen LogP contribution in [0.1, 0.15) is 25.2 Å². The largest absolute Gasteiger partial charge is 0.352 e. The van der Waals surface area contributed by atoms with Crippen LogP contribution in [0.3, 0.4) is 0 Å². The molecule has 5 nitrogen and oxygen atoms in total. The molecule has 0 N–H and O–H groups in total. The summed E-state index contributed by atoms with van der Waals surface area (Å²) in [5.74, 6) is 1.77. The molecule has 0 fully saturated rings. The van der Waals surface area contributed by atoms with Gasteiger partial charge in [-0.3, -0.25) is 4.68 Å². The molecule has 0 unspecified atom stereocenters. The van der Waals surface area contributed by atoms with Crippen LogP contribution in [0.15, 0.2) is 24.7 Å². The monoisotopic (exact) mass is 245 g/mol. The highest BCUT2D eigenvalue weighted by molar-refractivity contribution is 5.38. The average Bonchev–Trinajstić information content (AvgIpc) is 2.83. The molecule has 2 heterocycles. The molecule has 0 spiro atoms. The lowest BCUT2D eigenvalue weighted by atomic mass is 10.3. The quantitative estimate of drug-likeness (QED) is 0.808. The van der Waals surface area contributed by atoms with Crippen molar-refractivity contribution in [3.63, 3.8) is 0 Å². The van der Waals surface area contributed by atoms with Gasteiger partial charge in [0.15, 0.2) is 0 Å². The SMILES string of the molecule is CCN(Cc1cnn(CC)c1)c1ccnc(C)n1. The van der Waals surface area contributed by atoms with Crippen molar-refractivity contribution in [2.45, 2.75) is 33.9 Å². The van der Waals surface area contributed by atoms with Crippen LogP contribution in [0.2, 0.25) is 0 Å². The predicted molar refractivity (Wildman–Crippen MR) is 71.4 cm³/mol. The summed E-state index contributed by atoms with van der Waals surface area (Å²) >= 11 is 0. The van der Waals surface area contributed by atoms with Crippen LogP contribution in [0.4, 0.5) is 5.82 Å². The first-order valence-electron chi connectivity index (χ1n) is 6.28. The summed E-state index contributed by atoms with van der Waals surface area (Å²) in [6.45, 7) is 8.76. The Morgan fingerprint density at radius 1 is 1.33 bits per heavy atom. The van der Waals surface area contributed by atoms with Gasteiger partial charge in [0.05, 0.1) is 6.20 Å². The molecule has 2 aromatic heterocycles. The molecule has 0 amide bonds. The molecule has 0 atom stereocenters. The molecule has 0 radical (unpaired) electrons. The highest BCUT2D eigenvalue weighted by atomic mass is 15.3. The molecule has 0 saturated carbocycles. The van der Waals surface area contributed by atoms with Gasteiger partial charge in [-0.15, -0.1) is 0 Å². The molecule has 0 aliphatic carbocycles. The van der Waals surface area contributed by atoms with Crippen molar-refractivity contribution < 1.29 is 0 Å². The number of rotatable bonds is 5. The van der Waals surface area contributed by atoms with Crippen LogP contribution >= 0.6 is 0 Å². The van der Waals surface area contributed by atoms with E-state index in [2.05, 4.69) is 40.0 Å². The first kappa shape index (κ1) is 12.5. The van der Waals surface area contributed by atoms with E-state index in [0.717, 1.165) is 31.3 Å². The second kappa shape index (κ2) is 5.62. The van der Waals surface area contributed by atoms with Gasteiger partial charge in [0, 0.05) is 37.6 Å². The third kappa shape index (κ3) is 2.85. The Morgan fingerprint density at radius 2 is 2.17 bits per heavy atom. The van der Waals surface area contributed by atoms with Crippen molar-refractivity contribution in [3.05, 3.63) is 36.0 Å². The van der Waals surface area contributed by atoms with E-state index >= 15 is 0 Å². The predicted octanol–water partition coefficient (Wildman–Crippen LogP) is 2.03. The molecule has 0 aromatic carbocycles. The minimum Gasteiger partial charge on any atom is -0.352 e. The third-order valence-electron chi connectivity index (χ3n) is 2.85. The molecule has 2 aromatic rings. The molecule has 0 bridgehead atoms. The van der Waals surface area contributed by atoms with Crippen LogP contribution < -0.4 is 4.90 Å². The molecular weight excluding hydrogens is 226 g/mol. The minimum atomic E-state index is 0.801. The van der Waals surface area contributed by atoms with Gasteiger partial charge in [-0.05, 0) is 26.8 Å². The molecule has 0 saturated heterocycles. The summed E-state index contributed by atoms with van der Waals surface area (Å²) in [7, 11) is 0. The maximum Gasteiger partial charge on any atom is 0.132 e. The van der Waals surface area contributed by atoms with Gasteiger partial charge >= 0.3 is 0 Å². The number of aryl methyl sites for hydroxylation is 2. The van der Waals surface area contributed by atoms with E-state index in [9.17, 15) is 0 Å². The second-order valence-corrected chi connectivity index (χ2v) is 4.18. The number of nitrogens with zero attached hydrogens (tertiary/aromatic N) is 5. The topological polar surface area (TPSA) is 46.8 Å². The van der Waals surface area contributed by atoms with Crippen molar-refractivity contribution in [2.75, 3.05) is 11.4 Å². The molecule has 5 heteroatoms. The lowest BCUT2D eigenvalue weighted by Gasteiger charge is -2.21. The van der Waals surface area contributed by atoms with Crippen LogP contribution in [-0.2, 0) is 13.1 Å². The zero-order chi connectivity index (χ0) is 13.0. The van der Waals surface area contributed by atoms with Crippen LogP contribution in [-0.4, -0.2) is 26.3 Å². The summed E-state index contributed by atoms with van der Waals surface area (Å²) in [6, 6.07) is 1.95. The number of hydrogen-bond donors (Lipinski definition) is 0. The van der Waals surface area contributed by atoms with Gasteiger partial charge < -0.3 is 4.90 Å². The Labute approximate surface area is 107 Å². The summed E-state index contributed by atoms with van der Waals surface area (Å²) < 4.78 is 1.94. The molecule has 18 heavy (non-hydrogen) atoms. The van der Waals surface area contributed by atoms with Gasteiger partial charge in [0.1, 0.15) is 11.6 Å². The van der Waals surface area contributed by atoms with E-state index in [-0.39, 0.29) is 0 Å². The summed E-state index contributed by atoms with van der Waals surface area (Å²) in [5, 5.41) is 4.29. The maximum atomic E-state index is 4.46. The summed E-state index contributed by atoms with van der Waals surface area (Å²) in [6.07, 6.45) is 5.80. The Morgan fingerprint density at radius 3 is 2.78 bits per heavy atom. The minimum absolute atomic E-state index is 0.801. The van der Waals surface area contributed by atoms with Crippen molar-refractivity contribution in [2.24, 2.45) is 0 Å². The van der Waals surface area contributed by atoms with Crippen molar-refractivity contribution in [1.29, 1.82) is 0 Å². The van der Waals surface area contributed by atoms with Crippen molar-refractivity contribution in [3.8, 4) is 0 Å². The normalized spacial score (nSPS) is 10.6. The molecule has 96 valence electrons. The van der Waals surface area contributed by atoms with Gasteiger partial charge in [-0.25, -0.2) is 9.97 Å². The van der Waals surface area contributed by atoms with E-state index in [0.29, 0.717) is 0 Å². The number of anilines is 1. The van der Waals surface area contributed by atoms with Crippen LogP contribution in [0.25, 0.3) is 0 Å². The Kier molecular flexibility index (Phi) is 3.92. The Bertz CT molecular complexity index is 506. The van der Waals surface area contributed by atoms with Gasteiger partial charge in [0.2, 0.25) is 0 Å². The fourth-order valence-corrected chi connectivity index (χ4v) is 1.86. The van der Waals surface area contributed by atoms with Gasteiger partial charge in [-0.1, -0.05) is 0 Å². The summed E-state index contributed by atoms with van der Waals surface area (Å²) in [5.41, 5.74) is 1.20. The molecule has 0 aliphatic rings. The third-order valence-corrected chi connectivity index (χ3v) is 2.85. The van der Waals surface area contributed by atoms with E-state index in [1.807, 2.05) is 23.9 Å².